The first-order chi connectivity index (χ1) is 2.91. The second kappa shape index (κ2) is 5.45. The fourth-order valence-electron chi connectivity index (χ4n) is 0.0592. The molecule has 36 valence electrons. The molecule has 3 nitrogen and oxygen atoms in total. The smallest absolute Gasteiger partial charge is 0.141 e. The summed E-state index contributed by atoms with van der Waals surface area (Å²) in [5.41, 5.74) is 0. The summed E-state index contributed by atoms with van der Waals surface area (Å²) >= 11 is 0. The van der Waals surface area contributed by atoms with Crippen molar-refractivity contribution in [1.29, 1.82) is 0 Å². The highest BCUT2D eigenvalue weighted by atomic mass is 31.1. The molecule has 0 aliphatic carbocycles. The summed E-state index contributed by atoms with van der Waals surface area (Å²) in [5, 5.41) is 7.62. The van der Waals surface area contributed by atoms with E-state index in [1.807, 2.05) is 0 Å². The zero-order valence-corrected chi connectivity index (χ0v) is 5.08. The van der Waals surface area contributed by atoms with Crippen LogP contribution in [0.3, 0.4) is 0 Å². The second-order valence-electron chi connectivity index (χ2n) is 0.515. The molecule has 1 atom stereocenters. The lowest BCUT2D eigenvalue weighted by molar-refractivity contribution is -0.223. The number of hydrogen-bond acceptors (Lipinski definition) is 3. The molecule has 0 spiro atoms. The molecule has 0 saturated heterocycles. The first-order valence-electron chi connectivity index (χ1n) is 1.25. The standard InChI is InChI=1S/CH5NO2P2/c3-4-1-6-2-5/h3H,1,5H2. The largest absolute Gasteiger partial charge is 0.251 e. The first kappa shape index (κ1) is 6.45. The number of rotatable bonds is 2. The Morgan fingerprint density at radius 3 is 2.83 bits per heavy atom. The number of nitrogens with zero attached hydrogens (tertiary/aromatic N) is 1. The Hall–Kier alpha value is 0.450. The molecule has 5 heteroatoms. The van der Waals surface area contributed by atoms with Crippen molar-refractivity contribution < 1.29 is 10.1 Å². The molecule has 1 N–H and O–H groups in total. The van der Waals surface area contributed by atoms with Gasteiger partial charge in [-0.3, -0.25) is 5.26 Å². The summed E-state index contributed by atoms with van der Waals surface area (Å²) in [6.07, 6.45) is 0.253. The summed E-state index contributed by atoms with van der Waals surface area (Å²) in [5.74, 6) is 0. The minimum absolute atomic E-state index is 0.253. The summed E-state index contributed by atoms with van der Waals surface area (Å²) < 4.78 is 3.53. The van der Waals surface area contributed by atoms with Crippen LogP contribution in [0.1, 0.15) is 0 Å². The molecule has 0 heterocycles. The van der Waals surface area contributed by atoms with Crippen molar-refractivity contribution in [3.8, 4) is 0 Å². The maximum Gasteiger partial charge on any atom is 0.141 e. The van der Waals surface area contributed by atoms with Crippen molar-refractivity contribution in [3.05, 3.63) is 0 Å². The molecule has 0 amide bonds. The van der Waals surface area contributed by atoms with Gasteiger partial charge in [-0.1, -0.05) is 0 Å². The van der Waals surface area contributed by atoms with Crippen LogP contribution < -0.4 is 0 Å². The van der Waals surface area contributed by atoms with Crippen LogP contribution >= 0.6 is 17.8 Å². The van der Waals surface area contributed by atoms with Gasteiger partial charge in [0.15, 0.2) is 0 Å². The fraction of sp³-hybridized carbons (Fsp3) is 1.00. The SMILES string of the molecule is OOCP=NP. The van der Waals surface area contributed by atoms with Gasteiger partial charge >= 0.3 is 0 Å². The Labute approximate surface area is 39.8 Å². The van der Waals surface area contributed by atoms with Crippen LogP contribution in [0.5, 0.6) is 0 Å². The molecule has 0 aliphatic heterocycles. The van der Waals surface area contributed by atoms with Crippen molar-refractivity contribution in [2.45, 2.75) is 0 Å². The third-order valence-corrected chi connectivity index (χ3v) is 1.08. The molecule has 6 heavy (non-hydrogen) atoms. The van der Waals surface area contributed by atoms with Gasteiger partial charge in [0.05, 0.1) is 0 Å². The molecule has 0 aromatic carbocycles. The van der Waals surface area contributed by atoms with Crippen LogP contribution in [0, 0.1) is 0 Å². The third-order valence-electron chi connectivity index (χ3n) is 0.197. The lowest BCUT2D eigenvalue weighted by Crippen LogP contribution is -1.71. The van der Waals surface area contributed by atoms with E-state index in [2.05, 4.69) is 18.8 Å². The van der Waals surface area contributed by atoms with E-state index in [9.17, 15) is 0 Å². The van der Waals surface area contributed by atoms with Crippen LogP contribution in [-0.2, 0) is 4.89 Å². The Balaban J connectivity index is 2.66. The van der Waals surface area contributed by atoms with Crippen LogP contribution in [0.25, 0.3) is 0 Å². The van der Waals surface area contributed by atoms with Gasteiger partial charge in [0, 0.05) is 8.37 Å². The van der Waals surface area contributed by atoms with E-state index in [1.54, 1.807) is 0 Å². The van der Waals surface area contributed by atoms with Gasteiger partial charge in [0.25, 0.3) is 0 Å². The minimum Gasteiger partial charge on any atom is -0.251 e. The Morgan fingerprint density at radius 1 is 2.00 bits per heavy atom. The maximum atomic E-state index is 7.62. The van der Waals surface area contributed by atoms with Gasteiger partial charge in [-0.25, -0.2) is 9.40 Å². The van der Waals surface area contributed by atoms with E-state index < -0.39 is 0 Å². The lowest BCUT2D eigenvalue weighted by atomic mass is 11.7. The third kappa shape index (κ3) is 4.45. The molecule has 0 saturated carbocycles. The topological polar surface area (TPSA) is 41.8 Å². The van der Waals surface area contributed by atoms with E-state index in [4.69, 9.17) is 5.26 Å². The zero-order chi connectivity index (χ0) is 4.83. The second-order valence-corrected chi connectivity index (χ2v) is 1.98. The van der Waals surface area contributed by atoms with Gasteiger partial charge in [0.1, 0.15) is 6.35 Å². The Morgan fingerprint density at radius 2 is 2.67 bits per heavy atom. The lowest BCUT2D eigenvalue weighted by Gasteiger charge is -1.77. The van der Waals surface area contributed by atoms with Crippen LogP contribution in [0.2, 0.25) is 0 Å². The quantitative estimate of drug-likeness (QED) is 0.344. The molecule has 0 fully saturated rings. The first-order valence-corrected chi connectivity index (χ1v) is 2.79. The van der Waals surface area contributed by atoms with Gasteiger partial charge in [-0.05, 0) is 9.39 Å². The van der Waals surface area contributed by atoms with Crippen molar-refractivity contribution in [3.63, 3.8) is 0 Å². The molecule has 0 bridgehead atoms. The average Bonchev–Trinajstić information content (AvgIpc) is 1.61. The molecule has 1 unspecified atom stereocenters. The highest BCUT2D eigenvalue weighted by Gasteiger charge is 1.67. The minimum atomic E-state index is 0.253. The molecule has 0 aliphatic rings. The normalized spacial score (nSPS) is 10.3. The monoisotopic (exact) mass is 125 g/mol. The summed E-state index contributed by atoms with van der Waals surface area (Å²) in [7, 11) is 2.88. The van der Waals surface area contributed by atoms with Crippen molar-refractivity contribution in [2.75, 3.05) is 6.35 Å². The summed E-state index contributed by atoms with van der Waals surface area (Å²) in [6, 6.07) is 0. The van der Waals surface area contributed by atoms with Gasteiger partial charge in [0.2, 0.25) is 0 Å². The van der Waals surface area contributed by atoms with Crippen molar-refractivity contribution in [2.24, 2.45) is 4.52 Å². The van der Waals surface area contributed by atoms with Crippen LogP contribution in [0.15, 0.2) is 4.52 Å². The van der Waals surface area contributed by atoms with E-state index in [0.717, 1.165) is 8.37 Å². The molecular weight excluding hydrogens is 120 g/mol. The summed E-state index contributed by atoms with van der Waals surface area (Å²) in [6.45, 7) is 0. The van der Waals surface area contributed by atoms with Crippen molar-refractivity contribution >= 4 is 17.8 Å². The predicted octanol–water partition coefficient (Wildman–Crippen LogP) is 1.35. The average molecular weight is 125 g/mol. The van der Waals surface area contributed by atoms with Crippen LogP contribution in [-0.4, -0.2) is 11.6 Å². The predicted molar refractivity (Wildman–Crippen MR) is 27.6 cm³/mol. The maximum absolute atomic E-state index is 7.62. The molecule has 0 rings (SSSR count). The molecule has 0 radical (unpaired) electrons. The van der Waals surface area contributed by atoms with Gasteiger partial charge in [-0.15, -0.1) is 0 Å². The highest BCUT2D eigenvalue weighted by molar-refractivity contribution is 7.34. The Bertz CT molecular complexity index is 46.8. The fourth-order valence-corrected chi connectivity index (χ4v) is 0.377. The van der Waals surface area contributed by atoms with E-state index in [1.165, 1.54) is 0 Å². The van der Waals surface area contributed by atoms with Crippen LogP contribution in [0.4, 0.5) is 0 Å². The molecule has 0 aromatic heterocycles. The molecular formula is CH5NO2P2. The van der Waals surface area contributed by atoms with Gasteiger partial charge in [-0.2, -0.15) is 0 Å². The van der Waals surface area contributed by atoms with E-state index in [-0.39, 0.29) is 6.35 Å². The summed E-state index contributed by atoms with van der Waals surface area (Å²) in [4.78, 5) is 3.66. The number of hydrogen-bond donors (Lipinski definition) is 1. The highest BCUT2D eigenvalue weighted by Crippen LogP contribution is 2.01. The van der Waals surface area contributed by atoms with E-state index >= 15 is 0 Å². The van der Waals surface area contributed by atoms with Crippen molar-refractivity contribution in [1.82, 2.24) is 0 Å². The van der Waals surface area contributed by atoms with E-state index in [0.29, 0.717) is 0 Å². The van der Waals surface area contributed by atoms with Gasteiger partial charge < -0.3 is 0 Å². The Kier molecular flexibility index (Phi) is 5.86. The molecule has 0 aromatic rings. The zero-order valence-electron chi connectivity index (χ0n) is 3.03.